The van der Waals surface area contributed by atoms with Gasteiger partial charge in [0.25, 0.3) is 0 Å². The lowest BCUT2D eigenvalue weighted by molar-refractivity contribution is 0.199. The highest BCUT2D eigenvalue weighted by atomic mass is 35.5. The molecule has 0 spiro atoms. The molecule has 1 aromatic carbocycles. The molecule has 0 aromatic heterocycles. The van der Waals surface area contributed by atoms with E-state index in [9.17, 15) is 5.11 Å². The normalized spacial score (nSPS) is 20.8. The summed E-state index contributed by atoms with van der Waals surface area (Å²) < 4.78 is 0. The molecule has 0 bridgehead atoms. The molecule has 1 aromatic rings. The first-order valence-corrected chi connectivity index (χ1v) is 7.36. The van der Waals surface area contributed by atoms with Crippen molar-refractivity contribution in [1.29, 1.82) is 0 Å². The van der Waals surface area contributed by atoms with Crippen LogP contribution in [0.4, 0.5) is 5.69 Å². The zero-order valence-corrected chi connectivity index (χ0v) is 12.1. The van der Waals surface area contributed by atoms with Gasteiger partial charge in [-0.1, -0.05) is 17.7 Å². The summed E-state index contributed by atoms with van der Waals surface area (Å²) in [6.07, 6.45) is 3.69. The Morgan fingerprint density at radius 2 is 2.26 bits per heavy atom. The Morgan fingerprint density at radius 3 is 2.89 bits per heavy atom. The van der Waals surface area contributed by atoms with Crippen LogP contribution in [0.25, 0.3) is 0 Å². The molecule has 3 nitrogen and oxygen atoms in total. The third-order valence-corrected chi connectivity index (χ3v) is 4.17. The number of aliphatic hydroxyl groups is 2. The summed E-state index contributed by atoms with van der Waals surface area (Å²) in [5.74, 6) is 0. The van der Waals surface area contributed by atoms with Gasteiger partial charge < -0.3 is 15.1 Å². The van der Waals surface area contributed by atoms with E-state index in [0.29, 0.717) is 11.1 Å². The minimum atomic E-state index is -0.537. The van der Waals surface area contributed by atoms with Crippen LogP contribution in [0.5, 0.6) is 0 Å². The van der Waals surface area contributed by atoms with Crippen LogP contribution in [0.1, 0.15) is 44.3 Å². The van der Waals surface area contributed by atoms with Gasteiger partial charge in [-0.15, -0.1) is 0 Å². The summed E-state index contributed by atoms with van der Waals surface area (Å²) >= 11 is 6.23. The van der Waals surface area contributed by atoms with Gasteiger partial charge in [0.2, 0.25) is 0 Å². The van der Waals surface area contributed by atoms with E-state index in [1.165, 1.54) is 12.8 Å². The van der Waals surface area contributed by atoms with Crippen molar-refractivity contribution in [2.75, 3.05) is 18.1 Å². The molecule has 2 rings (SSSR count). The van der Waals surface area contributed by atoms with Crippen LogP contribution in [0.3, 0.4) is 0 Å². The van der Waals surface area contributed by atoms with Crippen molar-refractivity contribution >= 4 is 17.3 Å². The molecule has 0 aliphatic carbocycles. The van der Waals surface area contributed by atoms with Gasteiger partial charge >= 0.3 is 0 Å². The molecular weight excluding hydrogens is 262 g/mol. The molecule has 2 atom stereocenters. The summed E-state index contributed by atoms with van der Waals surface area (Å²) in [5, 5.41) is 19.2. The molecule has 0 saturated carbocycles. The highest BCUT2D eigenvalue weighted by molar-refractivity contribution is 6.31. The lowest BCUT2D eigenvalue weighted by Gasteiger charge is -2.27. The molecule has 1 fully saturated rings. The lowest BCUT2D eigenvalue weighted by atomic mass is 10.1. The van der Waals surface area contributed by atoms with Crippen LogP contribution in [0, 0.1) is 0 Å². The maximum absolute atomic E-state index is 9.60. The molecule has 0 amide bonds. The monoisotopic (exact) mass is 283 g/mol. The van der Waals surface area contributed by atoms with Gasteiger partial charge in [0.05, 0.1) is 6.10 Å². The number of hydrogen-bond donors (Lipinski definition) is 2. The standard InChI is InChI=1S/C15H22ClNO2/c1-11(19)14-7-6-13(10-15(14)16)17-8-2-4-12(17)5-3-9-18/h6-7,10-12,18-19H,2-5,8-9H2,1H3. The first kappa shape index (κ1) is 14.6. The number of hydrogen-bond acceptors (Lipinski definition) is 3. The number of aliphatic hydroxyl groups excluding tert-OH is 2. The van der Waals surface area contributed by atoms with Crippen LogP contribution in [0.15, 0.2) is 18.2 Å². The minimum Gasteiger partial charge on any atom is -0.396 e. The second-order valence-electron chi connectivity index (χ2n) is 5.24. The fourth-order valence-corrected chi connectivity index (χ4v) is 3.17. The van der Waals surface area contributed by atoms with E-state index >= 15 is 0 Å². The largest absolute Gasteiger partial charge is 0.396 e. The van der Waals surface area contributed by atoms with Crippen LogP contribution in [-0.2, 0) is 0 Å². The van der Waals surface area contributed by atoms with E-state index in [1.54, 1.807) is 6.92 Å². The minimum absolute atomic E-state index is 0.256. The quantitative estimate of drug-likeness (QED) is 0.872. The van der Waals surface area contributed by atoms with Crippen LogP contribution < -0.4 is 4.90 Å². The van der Waals surface area contributed by atoms with Crippen LogP contribution in [-0.4, -0.2) is 29.4 Å². The molecule has 0 radical (unpaired) electrons. The molecule has 1 aliphatic rings. The van der Waals surface area contributed by atoms with Gasteiger partial charge in [0.15, 0.2) is 0 Å². The van der Waals surface area contributed by atoms with Gasteiger partial charge in [0.1, 0.15) is 0 Å². The average molecular weight is 284 g/mol. The molecule has 1 saturated heterocycles. The molecule has 2 unspecified atom stereocenters. The van der Waals surface area contributed by atoms with Crippen molar-refractivity contribution in [2.45, 2.75) is 44.8 Å². The molecular formula is C15H22ClNO2. The number of nitrogens with zero attached hydrogens (tertiary/aromatic N) is 1. The molecule has 19 heavy (non-hydrogen) atoms. The van der Waals surface area contributed by atoms with E-state index in [2.05, 4.69) is 4.90 Å². The van der Waals surface area contributed by atoms with Crippen LogP contribution in [0.2, 0.25) is 5.02 Å². The molecule has 1 aliphatic heterocycles. The maximum atomic E-state index is 9.60. The van der Waals surface area contributed by atoms with E-state index in [0.717, 1.165) is 30.6 Å². The van der Waals surface area contributed by atoms with Crippen molar-refractivity contribution in [1.82, 2.24) is 0 Å². The smallest absolute Gasteiger partial charge is 0.0776 e. The Hall–Kier alpha value is -0.770. The molecule has 2 N–H and O–H groups in total. The summed E-state index contributed by atoms with van der Waals surface area (Å²) in [5.41, 5.74) is 1.89. The number of anilines is 1. The summed E-state index contributed by atoms with van der Waals surface area (Å²) in [4.78, 5) is 2.37. The Balaban J connectivity index is 2.14. The summed E-state index contributed by atoms with van der Waals surface area (Å²) in [6, 6.07) is 6.39. The zero-order valence-electron chi connectivity index (χ0n) is 11.3. The van der Waals surface area contributed by atoms with Gasteiger partial charge in [-0.05, 0) is 50.3 Å². The Bertz CT molecular complexity index is 423. The van der Waals surface area contributed by atoms with Crippen molar-refractivity contribution in [3.63, 3.8) is 0 Å². The highest BCUT2D eigenvalue weighted by Gasteiger charge is 2.24. The fourth-order valence-electron chi connectivity index (χ4n) is 2.84. The number of benzene rings is 1. The second kappa shape index (κ2) is 6.60. The van der Waals surface area contributed by atoms with Gasteiger partial charge in [0, 0.05) is 29.9 Å². The SMILES string of the molecule is CC(O)c1ccc(N2CCCC2CCCO)cc1Cl. The second-order valence-corrected chi connectivity index (χ2v) is 5.64. The molecule has 4 heteroatoms. The topological polar surface area (TPSA) is 43.7 Å². The molecule has 106 valence electrons. The Labute approximate surface area is 119 Å². The first-order valence-electron chi connectivity index (χ1n) is 6.98. The van der Waals surface area contributed by atoms with Crippen molar-refractivity contribution in [2.24, 2.45) is 0 Å². The predicted octanol–water partition coefficient (Wildman–Crippen LogP) is 3.13. The Kier molecular flexibility index (Phi) is 5.08. The number of rotatable bonds is 5. The van der Waals surface area contributed by atoms with Crippen molar-refractivity contribution in [3.8, 4) is 0 Å². The fraction of sp³-hybridized carbons (Fsp3) is 0.600. The van der Waals surface area contributed by atoms with E-state index in [-0.39, 0.29) is 6.61 Å². The third kappa shape index (κ3) is 3.41. The van der Waals surface area contributed by atoms with Crippen molar-refractivity contribution < 1.29 is 10.2 Å². The Morgan fingerprint density at radius 1 is 1.47 bits per heavy atom. The zero-order chi connectivity index (χ0) is 13.8. The summed E-state index contributed by atoms with van der Waals surface area (Å²) in [7, 11) is 0. The van der Waals surface area contributed by atoms with E-state index in [1.807, 2.05) is 18.2 Å². The third-order valence-electron chi connectivity index (χ3n) is 3.84. The molecule has 1 heterocycles. The predicted molar refractivity (Wildman–Crippen MR) is 78.8 cm³/mol. The maximum Gasteiger partial charge on any atom is 0.0776 e. The average Bonchev–Trinajstić information content (AvgIpc) is 2.83. The van der Waals surface area contributed by atoms with Gasteiger partial charge in [-0.3, -0.25) is 0 Å². The van der Waals surface area contributed by atoms with E-state index in [4.69, 9.17) is 16.7 Å². The van der Waals surface area contributed by atoms with Gasteiger partial charge in [-0.2, -0.15) is 0 Å². The number of halogens is 1. The summed E-state index contributed by atoms with van der Waals surface area (Å²) in [6.45, 7) is 3.02. The highest BCUT2D eigenvalue weighted by Crippen LogP contribution is 2.32. The van der Waals surface area contributed by atoms with Crippen molar-refractivity contribution in [3.05, 3.63) is 28.8 Å². The van der Waals surface area contributed by atoms with Gasteiger partial charge in [-0.25, -0.2) is 0 Å². The lowest BCUT2D eigenvalue weighted by Crippen LogP contribution is -2.29. The first-order chi connectivity index (χ1) is 9.13. The van der Waals surface area contributed by atoms with E-state index < -0.39 is 6.10 Å². The van der Waals surface area contributed by atoms with Crippen LogP contribution >= 0.6 is 11.6 Å².